The number of ether oxygens (including phenoxy) is 1. The van der Waals surface area contributed by atoms with Gasteiger partial charge in [0.15, 0.2) is 0 Å². The van der Waals surface area contributed by atoms with Crippen molar-refractivity contribution in [2.24, 2.45) is 22.7 Å². The third-order valence-electron chi connectivity index (χ3n) is 8.33. The lowest BCUT2D eigenvalue weighted by Gasteiger charge is -2.40. The Kier molecular flexibility index (Phi) is 9.47. The van der Waals surface area contributed by atoms with E-state index in [1.807, 2.05) is 25.7 Å². The highest BCUT2D eigenvalue weighted by molar-refractivity contribution is 5.81. The first-order chi connectivity index (χ1) is 15.9. The minimum Gasteiger partial charge on any atom is -0.378 e. The quantitative estimate of drug-likeness (QED) is 0.531. The van der Waals surface area contributed by atoms with Crippen LogP contribution in [0.25, 0.3) is 0 Å². The van der Waals surface area contributed by atoms with Gasteiger partial charge in [0.25, 0.3) is 0 Å². The highest BCUT2D eigenvalue weighted by Gasteiger charge is 2.35. The molecule has 34 heavy (non-hydrogen) atoms. The number of carbonyl (C=O) groups excluding carboxylic acids is 2. The lowest BCUT2D eigenvalue weighted by Crippen LogP contribution is -2.51. The third kappa shape index (κ3) is 7.68. The molecule has 6 heteroatoms. The van der Waals surface area contributed by atoms with Crippen molar-refractivity contribution >= 4 is 11.8 Å². The van der Waals surface area contributed by atoms with Crippen molar-refractivity contribution in [1.82, 2.24) is 14.7 Å². The summed E-state index contributed by atoms with van der Waals surface area (Å²) in [6.07, 6.45) is 7.75. The van der Waals surface area contributed by atoms with Gasteiger partial charge < -0.3 is 14.5 Å². The van der Waals surface area contributed by atoms with Crippen molar-refractivity contribution in [3.63, 3.8) is 0 Å². The highest BCUT2D eigenvalue weighted by Crippen LogP contribution is 2.40. The number of piperazine rings is 1. The van der Waals surface area contributed by atoms with Crippen molar-refractivity contribution in [1.29, 1.82) is 0 Å². The highest BCUT2D eigenvalue weighted by atomic mass is 16.5. The van der Waals surface area contributed by atoms with Gasteiger partial charge in [-0.25, -0.2) is 0 Å². The maximum atomic E-state index is 13.0. The molecule has 3 fully saturated rings. The smallest absolute Gasteiger partial charge is 0.227 e. The molecule has 6 nitrogen and oxygen atoms in total. The van der Waals surface area contributed by atoms with Crippen LogP contribution in [0.3, 0.4) is 0 Å². The Morgan fingerprint density at radius 2 is 1.35 bits per heavy atom. The number of hydrogen-bond donors (Lipinski definition) is 0. The zero-order valence-electron chi connectivity index (χ0n) is 22.9. The summed E-state index contributed by atoms with van der Waals surface area (Å²) >= 11 is 0. The maximum Gasteiger partial charge on any atom is 0.227 e. The first-order valence-corrected chi connectivity index (χ1v) is 13.9. The Hall–Kier alpha value is -1.14. The van der Waals surface area contributed by atoms with Gasteiger partial charge in [0.05, 0.1) is 6.10 Å². The molecule has 3 rings (SSSR count). The predicted molar refractivity (Wildman–Crippen MR) is 138 cm³/mol. The van der Waals surface area contributed by atoms with Gasteiger partial charge in [0, 0.05) is 63.8 Å². The van der Waals surface area contributed by atoms with E-state index in [0.717, 1.165) is 90.4 Å². The van der Waals surface area contributed by atoms with Gasteiger partial charge >= 0.3 is 0 Å². The first kappa shape index (κ1) is 27.4. The molecular formula is C28H51N3O3. The number of nitrogens with zero attached hydrogens (tertiary/aromatic N) is 3. The molecule has 0 aromatic carbocycles. The number of piperidine rings is 1. The zero-order chi connectivity index (χ0) is 24.9. The second-order valence-electron chi connectivity index (χ2n) is 13.0. The SMILES string of the molecule is CC(C)(C)C(=O)N1CCC(OCCCN2CCN(C(=O)C3CCC(C(C)(C)C)CC3)CC2)CC1. The van der Waals surface area contributed by atoms with Crippen LogP contribution in [-0.4, -0.2) is 85.0 Å². The van der Waals surface area contributed by atoms with Crippen LogP contribution in [-0.2, 0) is 14.3 Å². The van der Waals surface area contributed by atoms with Gasteiger partial charge in [0.1, 0.15) is 0 Å². The molecule has 1 saturated carbocycles. The summed E-state index contributed by atoms with van der Waals surface area (Å²) in [7, 11) is 0. The van der Waals surface area contributed by atoms with E-state index >= 15 is 0 Å². The summed E-state index contributed by atoms with van der Waals surface area (Å²) in [5, 5.41) is 0. The summed E-state index contributed by atoms with van der Waals surface area (Å²) in [6, 6.07) is 0. The van der Waals surface area contributed by atoms with Crippen LogP contribution in [0.5, 0.6) is 0 Å². The average Bonchev–Trinajstić information content (AvgIpc) is 2.80. The van der Waals surface area contributed by atoms with Crippen molar-refractivity contribution in [3.8, 4) is 0 Å². The molecule has 0 aromatic rings. The Labute approximate surface area is 208 Å². The third-order valence-corrected chi connectivity index (χ3v) is 8.33. The fraction of sp³-hybridized carbons (Fsp3) is 0.929. The Balaban J connectivity index is 1.26. The zero-order valence-corrected chi connectivity index (χ0v) is 22.9. The van der Waals surface area contributed by atoms with Crippen LogP contribution < -0.4 is 0 Å². The molecule has 2 aliphatic heterocycles. The van der Waals surface area contributed by atoms with E-state index < -0.39 is 0 Å². The summed E-state index contributed by atoms with van der Waals surface area (Å²) in [5.74, 6) is 1.67. The number of amides is 2. The molecule has 0 N–H and O–H groups in total. The molecule has 1 aliphatic carbocycles. The Morgan fingerprint density at radius 1 is 0.765 bits per heavy atom. The lowest BCUT2D eigenvalue weighted by molar-refractivity contribution is -0.142. The monoisotopic (exact) mass is 477 g/mol. The van der Waals surface area contributed by atoms with Crippen molar-refractivity contribution in [2.75, 3.05) is 52.4 Å². The minimum atomic E-state index is -0.298. The number of likely N-dealkylation sites (tertiary alicyclic amines) is 1. The van der Waals surface area contributed by atoms with Crippen molar-refractivity contribution < 1.29 is 14.3 Å². The molecule has 0 bridgehead atoms. The molecule has 2 saturated heterocycles. The second kappa shape index (κ2) is 11.7. The van der Waals surface area contributed by atoms with E-state index in [1.54, 1.807) is 0 Å². The van der Waals surface area contributed by atoms with Crippen LogP contribution in [0.1, 0.15) is 86.5 Å². The van der Waals surface area contributed by atoms with Crippen LogP contribution in [0.2, 0.25) is 0 Å². The van der Waals surface area contributed by atoms with E-state index in [1.165, 1.54) is 12.8 Å². The molecule has 2 amide bonds. The lowest BCUT2D eigenvalue weighted by atomic mass is 9.69. The summed E-state index contributed by atoms with van der Waals surface area (Å²) in [5.41, 5.74) is 0.0695. The van der Waals surface area contributed by atoms with Crippen LogP contribution >= 0.6 is 0 Å². The maximum absolute atomic E-state index is 13.0. The molecule has 0 aromatic heterocycles. The van der Waals surface area contributed by atoms with Gasteiger partial charge in [-0.15, -0.1) is 0 Å². The molecule has 196 valence electrons. The van der Waals surface area contributed by atoms with E-state index in [4.69, 9.17) is 4.74 Å². The minimum absolute atomic E-state index is 0.251. The van der Waals surface area contributed by atoms with E-state index in [2.05, 4.69) is 30.6 Å². The fourth-order valence-electron chi connectivity index (χ4n) is 5.89. The molecule has 3 aliphatic rings. The summed E-state index contributed by atoms with van der Waals surface area (Å²) in [6.45, 7) is 20.2. The fourth-order valence-corrected chi connectivity index (χ4v) is 5.89. The average molecular weight is 478 g/mol. The normalized spacial score (nSPS) is 26.1. The summed E-state index contributed by atoms with van der Waals surface area (Å²) < 4.78 is 6.13. The van der Waals surface area contributed by atoms with E-state index in [0.29, 0.717) is 11.3 Å². The van der Waals surface area contributed by atoms with Gasteiger partial charge in [-0.2, -0.15) is 0 Å². The standard InChI is InChI=1S/C28H51N3O3/c1-27(2,3)23-10-8-22(9-11-23)25(32)30-19-17-29(18-20-30)14-7-21-34-24-12-15-31(16-13-24)26(33)28(4,5)6/h22-24H,7-21H2,1-6H3. The summed E-state index contributed by atoms with van der Waals surface area (Å²) in [4.78, 5) is 32.1. The first-order valence-electron chi connectivity index (χ1n) is 13.9. The van der Waals surface area contributed by atoms with Crippen LogP contribution in [0.4, 0.5) is 0 Å². The van der Waals surface area contributed by atoms with Gasteiger partial charge in [-0.1, -0.05) is 41.5 Å². The van der Waals surface area contributed by atoms with Gasteiger partial charge in [-0.3, -0.25) is 14.5 Å². The van der Waals surface area contributed by atoms with Crippen LogP contribution in [0.15, 0.2) is 0 Å². The van der Waals surface area contributed by atoms with E-state index in [-0.39, 0.29) is 23.3 Å². The molecule has 0 unspecified atom stereocenters. The molecule has 0 radical (unpaired) electrons. The molecule has 0 spiro atoms. The number of rotatable bonds is 6. The van der Waals surface area contributed by atoms with E-state index in [9.17, 15) is 9.59 Å². The second-order valence-corrected chi connectivity index (χ2v) is 13.0. The Bertz CT molecular complexity index is 657. The molecule has 2 heterocycles. The topological polar surface area (TPSA) is 53.1 Å². The van der Waals surface area contributed by atoms with Crippen LogP contribution in [0, 0.1) is 22.7 Å². The largest absolute Gasteiger partial charge is 0.378 e. The molecular weight excluding hydrogens is 426 g/mol. The van der Waals surface area contributed by atoms with Gasteiger partial charge in [-0.05, 0) is 56.3 Å². The number of hydrogen-bond acceptors (Lipinski definition) is 4. The van der Waals surface area contributed by atoms with Gasteiger partial charge in [0.2, 0.25) is 11.8 Å². The predicted octanol–water partition coefficient (Wildman–Crippen LogP) is 4.43. The number of carbonyl (C=O) groups is 2. The van der Waals surface area contributed by atoms with Crippen molar-refractivity contribution in [2.45, 2.75) is 92.6 Å². The molecule has 0 atom stereocenters. The Morgan fingerprint density at radius 3 is 1.88 bits per heavy atom. The van der Waals surface area contributed by atoms with Crippen molar-refractivity contribution in [3.05, 3.63) is 0 Å².